The molecule has 0 aromatic heterocycles. The van der Waals surface area contributed by atoms with Crippen molar-refractivity contribution < 1.29 is 4.79 Å². The fraction of sp³-hybridized carbons (Fsp3) is 0.588. The maximum Gasteiger partial charge on any atom is 0.226 e. The first-order chi connectivity index (χ1) is 9.70. The van der Waals surface area contributed by atoms with Crippen molar-refractivity contribution in [1.82, 2.24) is 4.90 Å². The van der Waals surface area contributed by atoms with Gasteiger partial charge in [0.15, 0.2) is 0 Å². The number of carbonyl (C=O) groups excluding carboxylic acids is 1. The van der Waals surface area contributed by atoms with Crippen molar-refractivity contribution in [2.45, 2.75) is 57.2 Å². The summed E-state index contributed by atoms with van der Waals surface area (Å²) >= 11 is 0. The van der Waals surface area contributed by atoms with Gasteiger partial charge in [-0.1, -0.05) is 25.1 Å². The van der Waals surface area contributed by atoms with E-state index in [1.165, 1.54) is 12.8 Å². The molecule has 1 unspecified atom stereocenters. The molecule has 3 atom stereocenters. The molecule has 2 bridgehead atoms. The molecule has 2 saturated heterocycles. The number of para-hydroxylation sites is 1. The molecule has 3 heteroatoms. The van der Waals surface area contributed by atoms with Gasteiger partial charge in [0.1, 0.15) is 0 Å². The van der Waals surface area contributed by atoms with Crippen molar-refractivity contribution in [2.75, 3.05) is 11.9 Å². The van der Waals surface area contributed by atoms with Gasteiger partial charge in [0.25, 0.3) is 0 Å². The van der Waals surface area contributed by atoms with Crippen LogP contribution in [0.15, 0.2) is 30.3 Å². The average molecular weight is 272 g/mol. The van der Waals surface area contributed by atoms with E-state index in [2.05, 4.69) is 29.0 Å². The van der Waals surface area contributed by atoms with Gasteiger partial charge in [-0.15, -0.1) is 0 Å². The number of piperidine rings is 1. The van der Waals surface area contributed by atoms with Crippen molar-refractivity contribution in [3.05, 3.63) is 30.3 Å². The molecule has 2 aliphatic rings. The van der Waals surface area contributed by atoms with E-state index in [-0.39, 0.29) is 5.91 Å². The molecule has 0 spiro atoms. The number of benzene rings is 1. The predicted molar refractivity (Wildman–Crippen MR) is 81.8 cm³/mol. The molecule has 1 amide bonds. The van der Waals surface area contributed by atoms with Gasteiger partial charge in [0.05, 0.1) is 0 Å². The lowest BCUT2D eigenvalue weighted by Crippen LogP contribution is -2.51. The fourth-order valence-corrected chi connectivity index (χ4v) is 3.91. The number of carbonyl (C=O) groups is 1. The summed E-state index contributed by atoms with van der Waals surface area (Å²) in [5.41, 5.74) is 1.06. The SMILES string of the molecule is CCC(=O)N(c1ccccc1)C1C[C@H]2CC[C@@H](C1)N2C. The van der Waals surface area contributed by atoms with Crippen LogP contribution in [0.4, 0.5) is 5.69 Å². The first-order valence-electron chi connectivity index (χ1n) is 7.79. The summed E-state index contributed by atoms with van der Waals surface area (Å²) in [7, 11) is 2.24. The Morgan fingerprint density at radius 1 is 1.20 bits per heavy atom. The van der Waals surface area contributed by atoms with E-state index in [9.17, 15) is 4.79 Å². The number of rotatable bonds is 3. The minimum absolute atomic E-state index is 0.255. The molecule has 0 N–H and O–H groups in total. The third kappa shape index (κ3) is 2.35. The van der Waals surface area contributed by atoms with Gasteiger partial charge < -0.3 is 9.80 Å². The van der Waals surface area contributed by atoms with Gasteiger partial charge >= 0.3 is 0 Å². The Morgan fingerprint density at radius 3 is 2.35 bits per heavy atom. The van der Waals surface area contributed by atoms with E-state index in [0.29, 0.717) is 24.5 Å². The van der Waals surface area contributed by atoms with Crippen molar-refractivity contribution in [1.29, 1.82) is 0 Å². The Morgan fingerprint density at radius 2 is 1.80 bits per heavy atom. The Hall–Kier alpha value is -1.35. The van der Waals surface area contributed by atoms with E-state index in [0.717, 1.165) is 18.5 Å². The molecule has 108 valence electrons. The van der Waals surface area contributed by atoms with Crippen LogP contribution >= 0.6 is 0 Å². The van der Waals surface area contributed by atoms with E-state index in [4.69, 9.17) is 0 Å². The molecule has 3 rings (SSSR count). The number of amides is 1. The average Bonchev–Trinajstić information content (AvgIpc) is 2.70. The summed E-state index contributed by atoms with van der Waals surface area (Å²) in [4.78, 5) is 17.0. The van der Waals surface area contributed by atoms with Crippen molar-refractivity contribution >= 4 is 11.6 Å². The largest absolute Gasteiger partial charge is 0.309 e. The number of fused-ring (bicyclic) bond motifs is 2. The van der Waals surface area contributed by atoms with Crippen molar-refractivity contribution in [3.63, 3.8) is 0 Å². The summed E-state index contributed by atoms with van der Waals surface area (Å²) in [6.45, 7) is 1.96. The van der Waals surface area contributed by atoms with Crippen molar-refractivity contribution in [2.24, 2.45) is 0 Å². The smallest absolute Gasteiger partial charge is 0.226 e. The second-order valence-corrected chi connectivity index (χ2v) is 6.13. The van der Waals surface area contributed by atoms with Crippen LogP contribution in [0.1, 0.15) is 39.0 Å². The van der Waals surface area contributed by atoms with Crippen LogP contribution in [0.3, 0.4) is 0 Å². The normalized spacial score (nSPS) is 29.4. The van der Waals surface area contributed by atoms with Crippen LogP contribution in [0.2, 0.25) is 0 Å². The summed E-state index contributed by atoms with van der Waals surface area (Å²) < 4.78 is 0. The standard InChI is InChI=1S/C17H24N2O/c1-3-17(20)19(13-7-5-4-6-8-13)16-11-14-9-10-15(12-16)18(14)2/h4-8,14-16H,3,9-12H2,1-2H3/t14-,15+,16?. The molecule has 2 heterocycles. The first-order valence-corrected chi connectivity index (χ1v) is 7.79. The zero-order valence-electron chi connectivity index (χ0n) is 12.5. The number of anilines is 1. The van der Waals surface area contributed by atoms with Gasteiger partial charge in [-0.05, 0) is 44.9 Å². The van der Waals surface area contributed by atoms with E-state index < -0.39 is 0 Å². The molecular weight excluding hydrogens is 248 g/mol. The molecule has 0 saturated carbocycles. The predicted octanol–water partition coefficient (Wildman–Crippen LogP) is 3.05. The molecule has 1 aromatic carbocycles. The van der Waals surface area contributed by atoms with Crippen molar-refractivity contribution in [3.8, 4) is 0 Å². The molecule has 1 aromatic rings. The highest BCUT2D eigenvalue weighted by Gasteiger charge is 2.41. The van der Waals surface area contributed by atoms with Crippen LogP contribution in [-0.2, 0) is 4.79 Å². The van der Waals surface area contributed by atoms with Gasteiger partial charge in [0, 0.05) is 30.2 Å². The quantitative estimate of drug-likeness (QED) is 0.844. The molecule has 0 aliphatic carbocycles. The van der Waals surface area contributed by atoms with Gasteiger partial charge in [0.2, 0.25) is 5.91 Å². The summed E-state index contributed by atoms with van der Waals surface area (Å²) in [5, 5.41) is 0. The molecule has 0 radical (unpaired) electrons. The molecule has 3 nitrogen and oxygen atoms in total. The van der Waals surface area contributed by atoms with E-state index >= 15 is 0 Å². The summed E-state index contributed by atoms with van der Waals surface area (Å²) in [6.07, 6.45) is 5.40. The highest BCUT2D eigenvalue weighted by atomic mass is 16.2. The van der Waals surface area contributed by atoms with Gasteiger partial charge in [-0.2, -0.15) is 0 Å². The highest BCUT2D eigenvalue weighted by molar-refractivity contribution is 5.93. The third-order valence-corrected chi connectivity index (χ3v) is 5.04. The fourth-order valence-electron chi connectivity index (χ4n) is 3.91. The lowest BCUT2D eigenvalue weighted by Gasteiger charge is -2.41. The lowest BCUT2D eigenvalue weighted by molar-refractivity contribution is -0.119. The minimum Gasteiger partial charge on any atom is -0.309 e. The minimum atomic E-state index is 0.255. The maximum atomic E-state index is 12.4. The Bertz CT molecular complexity index is 459. The zero-order chi connectivity index (χ0) is 14.1. The Balaban J connectivity index is 1.86. The maximum absolute atomic E-state index is 12.4. The van der Waals surface area contributed by atoms with Crippen LogP contribution in [0, 0.1) is 0 Å². The van der Waals surface area contributed by atoms with E-state index in [1.807, 2.05) is 25.1 Å². The number of nitrogens with zero attached hydrogens (tertiary/aromatic N) is 2. The molecular formula is C17H24N2O. The highest BCUT2D eigenvalue weighted by Crippen LogP contribution is 2.37. The van der Waals surface area contributed by atoms with Crippen LogP contribution in [-0.4, -0.2) is 36.0 Å². The lowest BCUT2D eigenvalue weighted by atomic mass is 9.95. The first kappa shape index (κ1) is 13.6. The van der Waals surface area contributed by atoms with E-state index in [1.54, 1.807) is 0 Å². The van der Waals surface area contributed by atoms with Crippen LogP contribution < -0.4 is 4.90 Å². The van der Waals surface area contributed by atoms with Crippen LogP contribution in [0.25, 0.3) is 0 Å². The molecule has 2 aliphatic heterocycles. The van der Waals surface area contributed by atoms with Gasteiger partial charge in [-0.3, -0.25) is 4.79 Å². The summed E-state index contributed by atoms with van der Waals surface area (Å²) in [6, 6.07) is 11.9. The zero-order valence-corrected chi connectivity index (χ0v) is 12.5. The Labute approximate surface area is 121 Å². The topological polar surface area (TPSA) is 23.6 Å². The molecule has 2 fully saturated rings. The number of hydrogen-bond acceptors (Lipinski definition) is 2. The third-order valence-electron chi connectivity index (χ3n) is 5.04. The monoisotopic (exact) mass is 272 g/mol. The Kier molecular flexibility index (Phi) is 3.79. The van der Waals surface area contributed by atoms with Gasteiger partial charge in [-0.25, -0.2) is 0 Å². The second kappa shape index (κ2) is 5.57. The number of hydrogen-bond donors (Lipinski definition) is 0. The van der Waals surface area contributed by atoms with Crippen LogP contribution in [0.5, 0.6) is 0 Å². The second-order valence-electron chi connectivity index (χ2n) is 6.13. The summed E-state index contributed by atoms with van der Waals surface area (Å²) in [5.74, 6) is 0.255. The molecule has 20 heavy (non-hydrogen) atoms.